The monoisotopic (exact) mass is 364 g/mol. The van der Waals surface area contributed by atoms with E-state index in [2.05, 4.69) is 31.2 Å². The second kappa shape index (κ2) is 14.3. The second-order valence-corrected chi connectivity index (χ2v) is 8.01. The zero-order valence-electron chi connectivity index (χ0n) is 14.5. The van der Waals surface area contributed by atoms with E-state index in [0.717, 1.165) is 19.3 Å². The minimum atomic E-state index is -3.81. The maximum absolute atomic E-state index is 10.7. The molecule has 0 atom stereocenters. The molecule has 0 saturated heterocycles. The minimum absolute atomic E-state index is 0. The molecule has 0 radical (unpaired) electrons. The van der Waals surface area contributed by atoms with Gasteiger partial charge in [0.15, 0.2) is 0 Å². The molecule has 134 valence electrons. The Bertz CT molecular complexity index is 529. The van der Waals surface area contributed by atoms with Gasteiger partial charge in [-0.1, -0.05) is 69.7 Å². The van der Waals surface area contributed by atoms with Crippen molar-refractivity contribution in [1.29, 1.82) is 0 Å². The zero-order valence-corrected chi connectivity index (χ0v) is 15.3. The predicted octanol–water partition coefficient (Wildman–Crippen LogP) is 4.54. The van der Waals surface area contributed by atoms with E-state index in [0.29, 0.717) is 6.42 Å². The number of hydrogen-bond donors (Lipinski definition) is 1. The third-order valence-electron chi connectivity index (χ3n) is 4.18. The Labute approximate surface area is 170 Å². The maximum atomic E-state index is 10.7. The summed E-state index contributed by atoms with van der Waals surface area (Å²) >= 11 is 0. The van der Waals surface area contributed by atoms with E-state index >= 15 is 0 Å². The predicted molar refractivity (Wildman–Crippen MR) is 105 cm³/mol. The molecule has 1 aromatic rings. The van der Waals surface area contributed by atoms with E-state index in [4.69, 9.17) is 4.55 Å². The number of benzene rings is 1. The van der Waals surface area contributed by atoms with Gasteiger partial charge in [0.1, 0.15) is 0 Å². The number of aryl methyl sites for hydroxylation is 2. The third-order valence-corrected chi connectivity index (χ3v) is 4.98. The zero-order chi connectivity index (χ0) is 17.0. The van der Waals surface area contributed by atoms with Crippen LogP contribution in [0.1, 0.15) is 75.8 Å². The van der Waals surface area contributed by atoms with Crippen molar-refractivity contribution < 1.29 is 13.0 Å². The molecule has 0 aliphatic rings. The Kier molecular flexibility index (Phi) is 14.4. The number of hydrogen-bond acceptors (Lipinski definition) is 2. The van der Waals surface area contributed by atoms with E-state index < -0.39 is 10.1 Å². The molecule has 24 heavy (non-hydrogen) atoms. The van der Waals surface area contributed by atoms with Gasteiger partial charge >= 0.3 is 29.6 Å². The molecule has 0 aromatic heterocycles. The summed E-state index contributed by atoms with van der Waals surface area (Å²) in [5.74, 6) is -0.134. The van der Waals surface area contributed by atoms with Crippen molar-refractivity contribution in [3.63, 3.8) is 0 Å². The molecule has 0 saturated carbocycles. The fourth-order valence-corrected chi connectivity index (χ4v) is 3.41. The van der Waals surface area contributed by atoms with E-state index in [1.807, 2.05) is 0 Å². The molecule has 1 aromatic carbocycles. The van der Waals surface area contributed by atoms with Crippen LogP contribution >= 0.6 is 0 Å². The summed E-state index contributed by atoms with van der Waals surface area (Å²) < 4.78 is 30.1. The summed E-state index contributed by atoms with van der Waals surface area (Å²) in [4.78, 5) is 0. The van der Waals surface area contributed by atoms with Crippen LogP contribution in [0.5, 0.6) is 0 Å². The van der Waals surface area contributed by atoms with Crippen LogP contribution in [0.3, 0.4) is 0 Å². The van der Waals surface area contributed by atoms with Crippen molar-refractivity contribution in [2.24, 2.45) is 0 Å². The van der Waals surface area contributed by atoms with Crippen LogP contribution in [0.15, 0.2) is 24.3 Å². The molecule has 0 bridgehead atoms. The van der Waals surface area contributed by atoms with Crippen LogP contribution < -0.4 is 0 Å². The number of rotatable bonds is 13. The molecule has 0 aliphatic carbocycles. The first-order valence-corrected chi connectivity index (χ1v) is 10.6. The molecule has 0 fully saturated rings. The molecular weight excluding hydrogens is 331 g/mol. The van der Waals surface area contributed by atoms with Gasteiger partial charge in [-0.05, 0) is 43.2 Å². The summed E-state index contributed by atoms with van der Waals surface area (Å²) in [6.07, 6.45) is 12.6. The van der Waals surface area contributed by atoms with Crippen molar-refractivity contribution >= 4 is 39.7 Å². The first-order chi connectivity index (χ1) is 11.0. The molecule has 5 heteroatoms. The average molecular weight is 365 g/mol. The fourth-order valence-electron chi connectivity index (χ4n) is 2.84. The molecule has 1 N–H and O–H groups in total. The Morgan fingerprint density at radius 3 is 1.88 bits per heavy atom. The van der Waals surface area contributed by atoms with Gasteiger partial charge in [-0.25, -0.2) is 0 Å². The van der Waals surface area contributed by atoms with E-state index in [1.54, 1.807) is 0 Å². The normalized spacial score (nSPS) is 11.2. The van der Waals surface area contributed by atoms with Gasteiger partial charge in [0, 0.05) is 0 Å². The van der Waals surface area contributed by atoms with E-state index in [9.17, 15) is 8.42 Å². The van der Waals surface area contributed by atoms with Gasteiger partial charge in [0.05, 0.1) is 5.75 Å². The van der Waals surface area contributed by atoms with Gasteiger partial charge in [-0.15, -0.1) is 0 Å². The van der Waals surface area contributed by atoms with E-state index in [1.165, 1.54) is 56.1 Å². The van der Waals surface area contributed by atoms with Gasteiger partial charge in [0.2, 0.25) is 0 Å². The molecular formula is C19H33NaO3S. The third kappa shape index (κ3) is 13.4. The summed E-state index contributed by atoms with van der Waals surface area (Å²) in [6.45, 7) is 2.25. The molecule has 0 heterocycles. The van der Waals surface area contributed by atoms with Crippen LogP contribution in [0.2, 0.25) is 0 Å². The molecule has 0 amide bonds. The molecule has 0 spiro atoms. The molecule has 3 nitrogen and oxygen atoms in total. The van der Waals surface area contributed by atoms with Gasteiger partial charge < -0.3 is 0 Å². The first-order valence-electron chi connectivity index (χ1n) is 9.04. The van der Waals surface area contributed by atoms with Crippen LogP contribution in [-0.4, -0.2) is 48.3 Å². The quantitative estimate of drug-likeness (QED) is 0.317. The van der Waals surface area contributed by atoms with Crippen molar-refractivity contribution in [2.45, 2.75) is 77.6 Å². The van der Waals surface area contributed by atoms with Crippen LogP contribution in [-0.2, 0) is 23.0 Å². The van der Waals surface area contributed by atoms with E-state index in [-0.39, 0.29) is 35.3 Å². The summed E-state index contributed by atoms with van der Waals surface area (Å²) in [7, 11) is -3.81. The van der Waals surface area contributed by atoms with Crippen LogP contribution in [0.4, 0.5) is 0 Å². The van der Waals surface area contributed by atoms with Gasteiger partial charge in [-0.3, -0.25) is 4.55 Å². The molecule has 0 aliphatic heterocycles. The van der Waals surface area contributed by atoms with Crippen LogP contribution in [0.25, 0.3) is 0 Å². The summed E-state index contributed by atoms with van der Waals surface area (Å²) in [5.41, 5.74) is 2.65. The topological polar surface area (TPSA) is 54.4 Å². The summed E-state index contributed by atoms with van der Waals surface area (Å²) in [6, 6.07) is 8.61. The Hall–Kier alpha value is 0.130. The summed E-state index contributed by atoms with van der Waals surface area (Å²) in [5, 5.41) is 0. The fraction of sp³-hybridized carbons (Fsp3) is 0.684. The number of unbranched alkanes of at least 4 members (excludes halogenated alkanes) is 7. The van der Waals surface area contributed by atoms with Crippen molar-refractivity contribution in [3.8, 4) is 0 Å². The van der Waals surface area contributed by atoms with Gasteiger partial charge in [-0.2, -0.15) is 8.42 Å². The Morgan fingerprint density at radius 2 is 1.33 bits per heavy atom. The van der Waals surface area contributed by atoms with Gasteiger partial charge in [0.25, 0.3) is 10.1 Å². The molecule has 1 rings (SSSR count). The van der Waals surface area contributed by atoms with Crippen molar-refractivity contribution in [1.82, 2.24) is 0 Å². The average Bonchev–Trinajstić information content (AvgIpc) is 2.50. The SMILES string of the molecule is CCCCCCCCCc1cccc(CCCCS(=O)(=O)O)c1.[NaH]. The van der Waals surface area contributed by atoms with Crippen molar-refractivity contribution in [2.75, 3.05) is 5.75 Å². The van der Waals surface area contributed by atoms with Crippen LogP contribution in [0, 0.1) is 0 Å². The standard InChI is InChI=1S/C19H32O3S.Na.H/c1-2-3-4-5-6-7-8-12-18-14-11-15-19(17-18)13-9-10-16-23(20,21)22;;/h11,14-15,17H,2-10,12-13,16H2,1H3,(H,20,21,22);;. The second-order valence-electron chi connectivity index (χ2n) is 6.43. The Balaban J connectivity index is 0.00000529. The Morgan fingerprint density at radius 1 is 0.833 bits per heavy atom. The first kappa shape index (κ1) is 24.1. The molecule has 0 unspecified atom stereocenters. The van der Waals surface area contributed by atoms with Crippen molar-refractivity contribution in [3.05, 3.63) is 35.4 Å².